The largest absolute Gasteiger partial charge is 0.436 e. The number of benzene rings is 3. The summed E-state index contributed by atoms with van der Waals surface area (Å²) in [4.78, 5) is 4.48. The minimum atomic E-state index is 0.286. The average Bonchev–Trinajstić information content (AvgIpc) is 3.18. The van der Waals surface area contributed by atoms with Gasteiger partial charge in [0.1, 0.15) is 17.4 Å². The zero-order valence-corrected chi connectivity index (χ0v) is 17.6. The maximum atomic E-state index is 9.91. The first kappa shape index (κ1) is 19.6. The Bertz CT molecular complexity index is 1230. The molecule has 0 fully saturated rings. The van der Waals surface area contributed by atoms with E-state index in [1.807, 2.05) is 97.1 Å². The second kappa shape index (κ2) is 9.21. The molecule has 0 bridgehead atoms. The van der Waals surface area contributed by atoms with Gasteiger partial charge in [0.2, 0.25) is 5.88 Å². The number of hydrogen-bond donors (Lipinski definition) is 0. The smallest absolute Gasteiger partial charge is 0.238 e. The van der Waals surface area contributed by atoms with Gasteiger partial charge in [-0.05, 0) is 33.1 Å². The first-order valence-corrected chi connectivity index (χ1v) is 10.2. The van der Waals surface area contributed by atoms with Gasteiger partial charge in [-0.2, -0.15) is 5.26 Å². The molecule has 0 N–H and O–H groups in total. The molecule has 0 radical (unpaired) electrons. The quantitative estimate of drug-likeness (QED) is 0.292. The Balaban J connectivity index is 1.80. The lowest BCUT2D eigenvalue weighted by molar-refractivity contribution is 0.593. The average molecular weight is 453 g/mol. The Hall–Kier alpha value is -3.68. The second-order valence-corrected chi connectivity index (χ2v) is 7.44. The van der Waals surface area contributed by atoms with Gasteiger partial charge in [-0.1, -0.05) is 91.0 Å². The van der Waals surface area contributed by atoms with Crippen LogP contribution in [0.2, 0.25) is 0 Å². The van der Waals surface area contributed by atoms with Gasteiger partial charge in [0.15, 0.2) is 0 Å². The first-order valence-electron chi connectivity index (χ1n) is 9.40. The van der Waals surface area contributed by atoms with E-state index < -0.39 is 0 Å². The number of nitrogens with zero attached hydrogens (tertiary/aromatic N) is 2. The SMILES string of the molecule is N#Cc1c(N=CC(Br)=Cc2ccccc2)oc(-c2ccccc2)c1-c1ccccc1. The number of allylic oxidation sites excluding steroid dienone is 1. The van der Waals surface area contributed by atoms with E-state index in [4.69, 9.17) is 4.42 Å². The molecule has 144 valence electrons. The lowest BCUT2D eigenvalue weighted by Crippen LogP contribution is -1.83. The van der Waals surface area contributed by atoms with Crippen LogP contribution < -0.4 is 0 Å². The molecule has 4 heteroatoms. The van der Waals surface area contributed by atoms with Crippen molar-refractivity contribution in [3.05, 3.63) is 107 Å². The van der Waals surface area contributed by atoms with Gasteiger partial charge in [-0.15, -0.1) is 0 Å². The highest BCUT2D eigenvalue weighted by Crippen LogP contribution is 2.42. The number of aliphatic imine (C=N–C) groups is 1. The Kier molecular flexibility index (Phi) is 6.03. The summed E-state index contributed by atoms with van der Waals surface area (Å²) in [6.45, 7) is 0. The fourth-order valence-electron chi connectivity index (χ4n) is 3.15. The summed E-state index contributed by atoms with van der Waals surface area (Å²) in [7, 11) is 0. The molecule has 3 nitrogen and oxygen atoms in total. The highest BCUT2D eigenvalue weighted by atomic mass is 79.9. The molecule has 3 aromatic carbocycles. The Morgan fingerprint density at radius 3 is 2.00 bits per heavy atom. The van der Waals surface area contributed by atoms with E-state index in [-0.39, 0.29) is 5.88 Å². The number of halogens is 1. The fraction of sp³-hybridized carbons (Fsp3) is 0. The van der Waals surface area contributed by atoms with Crippen LogP contribution in [0, 0.1) is 11.3 Å². The molecule has 1 heterocycles. The number of hydrogen-bond acceptors (Lipinski definition) is 3. The van der Waals surface area contributed by atoms with Crippen molar-refractivity contribution in [2.24, 2.45) is 4.99 Å². The Morgan fingerprint density at radius 1 is 0.833 bits per heavy atom. The highest BCUT2D eigenvalue weighted by Gasteiger charge is 2.22. The van der Waals surface area contributed by atoms with Gasteiger partial charge in [-0.3, -0.25) is 0 Å². The van der Waals surface area contributed by atoms with Crippen LogP contribution in [0.25, 0.3) is 28.5 Å². The van der Waals surface area contributed by atoms with Crippen LogP contribution in [-0.4, -0.2) is 6.21 Å². The van der Waals surface area contributed by atoms with Crippen molar-refractivity contribution in [2.75, 3.05) is 0 Å². The zero-order chi connectivity index (χ0) is 20.8. The van der Waals surface area contributed by atoms with Crippen molar-refractivity contribution in [3.63, 3.8) is 0 Å². The maximum Gasteiger partial charge on any atom is 0.238 e. The van der Waals surface area contributed by atoms with E-state index in [1.165, 1.54) is 0 Å². The lowest BCUT2D eigenvalue weighted by Gasteiger charge is -2.03. The van der Waals surface area contributed by atoms with E-state index in [9.17, 15) is 5.26 Å². The fourth-order valence-corrected chi connectivity index (χ4v) is 3.52. The molecule has 0 aliphatic rings. The summed E-state index contributed by atoms with van der Waals surface area (Å²) in [5, 5.41) is 9.91. The minimum Gasteiger partial charge on any atom is -0.436 e. The second-order valence-electron chi connectivity index (χ2n) is 6.53. The van der Waals surface area contributed by atoms with Crippen molar-refractivity contribution in [1.82, 2.24) is 0 Å². The molecule has 4 rings (SSSR count). The van der Waals surface area contributed by atoms with Crippen LogP contribution in [0.5, 0.6) is 0 Å². The molecule has 0 amide bonds. The van der Waals surface area contributed by atoms with Crippen LogP contribution >= 0.6 is 15.9 Å². The van der Waals surface area contributed by atoms with E-state index in [2.05, 4.69) is 27.0 Å². The number of furan rings is 1. The van der Waals surface area contributed by atoms with E-state index in [0.29, 0.717) is 11.3 Å². The summed E-state index contributed by atoms with van der Waals surface area (Å²) in [5.41, 5.74) is 4.02. The molecular formula is C26H17BrN2O. The monoisotopic (exact) mass is 452 g/mol. The van der Waals surface area contributed by atoms with Gasteiger partial charge in [0, 0.05) is 21.8 Å². The molecule has 0 aliphatic heterocycles. The van der Waals surface area contributed by atoms with Gasteiger partial charge in [0.25, 0.3) is 0 Å². The van der Waals surface area contributed by atoms with Gasteiger partial charge < -0.3 is 4.42 Å². The van der Waals surface area contributed by atoms with Crippen LogP contribution in [0.1, 0.15) is 11.1 Å². The third-order valence-corrected chi connectivity index (χ3v) is 4.94. The standard InChI is InChI=1S/C26H17BrN2O/c27-22(16-19-10-4-1-5-11-19)18-29-26-23(17-28)24(20-12-6-2-7-13-20)25(30-26)21-14-8-3-9-15-21/h1-16,18H. The molecule has 30 heavy (non-hydrogen) atoms. The number of rotatable bonds is 5. The topological polar surface area (TPSA) is 49.3 Å². The zero-order valence-electron chi connectivity index (χ0n) is 16.0. The van der Waals surface area contributed by atoms with Gasteiger partial charge in [0.05, 0.1) is 0 Å². The maximum absolute atomic E-state index is 9.91. The summed E-state index contributed by atoms with van der Waals surface area (Å²) in [6, 6.07) is 31.8. The van der Waals surface area contributed by atoms with Gasteiger partial charge in [-0.25, -0.2) is 4.99 Å². The first-order chi connectivity index (χ1) is 14.8. The van der Waals surface area contributed by atoms with E-state index >= 15 is 0 Å². The molecule has 0 saturated carbocycles. The summed E-state index contributed by atoms with van der Waals surface area (Å²) >= 11 is 3.52. The third kappa shape index (κ3) is 4.32. The number of nitriles is 1. The predicted octanol–water partition coefficient (Wildman–Crippen LogP) is 7.62. The summed E-state index contributed by atoms with van der Waals surface area (Å²) < 4.78 is 6.88. The van der Waals surface area contributed by atoms with Crippen LogP contribution in [0.4, 0.5) is 5.88 Å². The van der Waals surface area contributed by atoms with E-state index in [1.54, 1.807) is 6.21 Å². The van der Waals surface area contributed by atoms with Crippen molar-refractivity contribution >= 4 is 34.1 Å². The predicted molar refractivity (Wildman–Crippen MR) is 126 cm³/mol. The molecule has 0 spiro atoms. The van der Waals surface area contributed by atoms with Crippen LogP contribution in [0.3, 0.4) is 0 Å². The molecule has 0 atom stereocenters. The van der Waals surface area contributed by atoms with Crippen LogP contribution in [-0.2, 0) is 0 Å². The molecule has 1 aromatic heterocycles. The molecule has 0 unspecified atom stereocenters. The van der Waals surface area contributed by atoms with Crippen molar-refractivity contribution < 1.29 is 4.42 Å². The Labute approximate surface area is 183 Å². The van der Waals surface area contributed by atoms with Crippen molar-refractivity contribution in [2.45, 2.75) is 0 Å². The summed E-state index contributed by atoms with van der Waals surface area (Å²) in [5.74, 6) is 0.919. The molecular weight excluding hydrogens is 436 g/mol. The highest BCUT2D eigenvalue weighted by molar-refractivity contribution is 9.12. The van der Waals surface area contributed by atoms with Crippen molar-refractivity contribution in [3.8, 4) is 28.5 Å². The minimum absolute atomic E-state index is 0.286. The van der Waals surface area contributed by atoms with Crippen LogP contribution in [0.15, 0.2) is 105 Å². The van der Waals surface area contributed by atoms with E-state index in [0.717, 1.165) is 26.7 Å². The van der Waals surface area contributed by atoms with Crippen molar-refractivity contribution in [1.29, 1.82) is 5.26 Å². The van der Waals surface area contributed by atoms with Gasteiger partial charge >= 0.3 is 0 Å². The third-order valence-electron chi connectivity index (χ3n) is 4.51. The lowest BCUT2D eigenvalue weighted by atomic mass is 9.98. The molecule has 4 aromatic rings. The molecule has 0 saturated heterocycles. The summed E-state index contributed by atoms with van der Waals surface area (Å²) in [6.07, 6.45) is 3.60. The molecule has 0 aliphatic carbocycles. The Morgan fingerprint density at radius 2 is 1.40 bits per heavy atom. The normalized spacial score (nSPS) is 11.5.